The monoisotopic (exact) mass is 452 g/mol. The molecule has 0 aliphatic carbocycles. The zero-order valence-corrected chi connectivity index (χ0v) is 18.2. The summed E-state index contributed by atoms with van der Waals surface area (Å²) in [4.78, 5) is 15.9. The Balaban J connectivity index is 2.00. The first-order valence-corrected chi connectivity index (χ1v) is 10.5. The first kappa shape index (κ1) is 22.8. The fourth-order valence-electron chi connectivity index (χ4n) is 2.82. The number of methoxy groups -OCH3 is 1. The first-order chi connectivity index (χ1) is 14.6. The van der Waals surface area contributed by atoms with Crippen LogP contribution in [-0.2, 0) is 15.7 Å². The summed E-state index contributed by atoms with van der Waals surface area (Å²) in [7, 11) is -0.267. The Bertz CT molecular complexity index is 1020. The number of fused-ring (bicyclic) bond motifs is 1. The third-order valence-corrected chi connectivity index (χ3v) is 5.83. The van der Waals surface area contributed by atoms with E-state index >= 15 is 0 Å². The van der Waals surface area contributed by atoms with Crippen molar-refractivity contribution in [1.29, 1.82) is 0 Å². The molecule has 0 saturated carbocycles. The Kier molecular flexibility index (Phi) is 6.68. The SMILES string of the molecule is COC(=O)c1ccc([C@H]2CC(=N[S@@](=O)C(C)(C)C)c3ccc(OC(F)F)cc3O2)nc1. The molecule has 3 rings (SSSR count). The molecule has 1 aromatic carbocycles. The average molecular weight is 452 g/mol. The van der Waals surface area contributed by atoms with Gasteiger partial charge >= 0.3 is 12.6 Å². The van der Waals surface area contributed by atoms with Gasteiger partial charge in [-0.1, -0.05) is 0 Å². The number of hydrogen-bond acceptors (Lipinski definition) is 6. The molecule has 0 unspecified atom stereocenters. The van der Waals surface area contributed by atoms with E-state index in [2.05, 4.69) is 18.9 Å². The minimum absolute atomic E-state index is 0.0697. The Morgan fingerprint density at radius 1 is 1.29 bits per heavy atom. The zero-order valence-electron chi connectivity index (χ0n) is 17.4. The van der Waals surface area contributed by atoms with Crippen LogP contribution in [-0.4, -0.2) is 39.3 Å². The van der Waals surface area contributed by atoms with Crippen LogP contribution in [0.25, 0.3) is 0 Å². The molecule has 0 amide bonds. The number of carbonyl (C=O) groups is 1. The van der Waals surface area contributed by atoms with Crippen molar-refractivity contribution in [1.82, 2.24) is 4.98 Å². The van der Waals surface area contributed by atoms with Crippen LogP contribution in [0.2, 0.25) is 0 Å². The predicted octanol–water partition coefficient (Wildman–Crippen LogP) is 4.24. The number of alkyl halides is 2. The molecular formula is C21H22F2N2O5S. The normalized spacial score (nSPS) is 18.3. The van der Waals surface area contributed by atoms with Crippen molar-refractivity contribution in [3.05, 3.63) is 53.3 Å². The van der Waals surface area contributed by atoms with E-state index in [9.17, 15) is 17.8 Å². The number of aromatic nitrogens is 1. The molecule has 31 heavy (non-hydrogen) atoms. The third kappa shape index (κ3) is 5.43. The molecule has 0 bridgehead atoms. The van der Waals surface area contributed by atoms with E-state index in [1.165, 1.54) is 25.4 Å². The number of carbonyl (C=O) groups excluding carboxylic acids is 1. The van der Waals surface area contributed by atoms with Crippen LogP contribution in [0.1, 0.15) is 54.9 Å². The van der Waals surface area contributed by atoms with Gasteiger partial charge in [0.15, 0.2) is 0 Å². The van der Waals surface area contributed by atoms with E-state index in [4.69, 9.17) is 4.74 Å². The number of esters is 1. The largest absolute Gasteiger partial charge is 0.483 e. The van der Waals surface area contributed by atoms with Gasteiger partial charge in [-0.2, -0.15) is 13.2 Å². The van der Waals surface area contributed by atoms with Crippen molar-refractivity contribution < 1.29 is 32.0 Å². The van der Waals surface area contributed by atoms with Crippen molar-refractivity contribution >= 4 is 22.7 Å². The number of ether oxygens (including phenoxy) is 3. The molecule has 1 aromatic heterocycles. The Morgan fingerprint density at radius 2 is 2.03 bits per heavy atom. The summed E-state index contributed by atoms with van der Waals surface area (Å²) in [5, 5.41) is 0. The van der Waals surface area contributed by atoms with Gasteiger partial charge in [-0.05, 0) is 45.0 Å². The second-order valence-electron chi connectivity index (χ2n) is 7.71. The van der Waals surface area contributed by atoms with Crippen LogP contribution < -0.4 is 9.47 Å². The van der Waals surface area contributed by atoms with Crippen LogP contribution in [0.5, 0.6) is 11.5 Å². The highest BCUT2D eigenvalue weighted by Crippen LogP contribution is 2.38. The molecule has 0 fully saturated rings. The lowest BCUT2D eigenvalue weighted by Crippen LogP contribution is -2.25. The molecule has 2 atom stereocenters. The van der Waals surface area contributed by atoms with Crippen LogP contribution in [0.4, 0.5) is 8.78 Å². The lowest BCUT2D eigenvalue weighted by atomic mass is 9.97. The van der Waals surface area contributed by atoms with Gasteiger partial charge in [-0.15, -0.1) is 0 Å². The average Bonchev–Trinajstić information content (AvgIpc) is 2.71. The summed E-state index contributed by atoms with van der Waals surface area (Å²) >= 11 is 0. The topological polar surface area (TPSA) is 87.1 Å². The molecule has 166 valence electrons. The molecule has 0 spiro atoms. The van der Waals surface area contributed by atoms with Gasteiger partial charge in [-0.25, -0.2) is 9.00 Å². The lowest BCUT2D eigenvalue weighted by Gasteiger charge is -2.28. The van der Waals surface area contributed by atoms with Crippen LogP contribution in [0.15, 0.2) is 40.9 Å². The maximum atomic E-state index is 12.6. The van der Waals surface area contributed by atoms with E-state index in [-0.39, 0.29) is 23.5 Å². The van der Waals surface area contributed by atoms with Crippen LogP contribution >= 0.6 is 0 Å². The summed E-state index contributed by atoms with van der Waals surface area (Å²) in [6.07, 6.45) is 0.992. The van der Waals surface area contributed by atoms with Crippen LogP contribution in [0.3, 0.4) is 0 Å². The van der Waals surface area contributed by atoms with Crippen molar-refractivity contribution in [2.45, 2.75) is 44.7 Å². The molecule has 2 aromatic rings. The minimum Gasteiger partial charge on any atom is -0.483 e. The second-order valence-corrected chi connectivity index (χ2v) is 9.62. The standard InChI is InChI=1S/C21H22F2N2O5S/c1-21(2,3)31(27)25-16-10-18(15-8-5-12(11-24-15)19(26)28-4)30-17-9-13(29-20(22)23)6-7-14(16)17/h5-9,11,18,20H,10H2,1-4H3/t18-,31+/m1/s1. The molecule has 7 nitrogen and oxygen atoms in total. The molecule has 0 N–H and O–H groups in total. The van der Waals surface area contributed by atoms with Crippen molar-refractivity contribution in [2.75, 3.05) is 7.11 Å². The predicted molar refractivity (Wildman–Crippen MR) is 111 cm³/mol. The quantitative estimate of drug-likeness (QED) is 0.631. The van der Waals surface area contributed by atoms with E-state index in [0.29, 0.717) is 17.0 Å². The number of nitrogens with zero attached hydrogens (tertiary/aromatic N) is 2. The highest BCUT2D eigenvalue weighted by molar-refractivity contribution is 7.85. The van der Waals surface area contributed by atoms with Gasteiger partial charge in [0.2, 0.25) is 0 Å². The van der Waals surface area contributed by atoms with Gasteiger partial charge in [0.1, 0.15) is 28.6 Å². The lowest BCUT2D eigenvalue weighted by molar-refractivity contribution is -0.0500. The third-order valence-electron chi connectivity index (χ3n) is 4.39. The summed E-state index contributed by atoms with van der Waals surface area (Å²) in [5.74, 6) is -0.330. The number of halogens is 2. The number of pyridine rings is 1. The maximum absolute atomic E-state index is 12.6. The highest BCUT2D eigenvalue weighted by atomic mass is 32.2. The van der Waals surface area contributed by atoms with Gasteiger partial charge in [0.25, 0.3) is 0 Å². The molecule has 2 heterocycles. The van der Waals surface area contributed by atoms with E-state index in [1.807, 2.05) is 0 Å². The molecule has 10 heteroatoms. The maximum Gasteiger partial charge on any atom is 0.387 e. The first-order valence-electron chi connectivity index (χ1n) is 9.38. The minimum atomic E-state index is -2.98. The summed E-state index contributed by atoms with van der Waals surface area (Å²) in [5.41, 5.74) is 1.81. The number of hydrogen-bond donors (Lipinski definition) is 0. The summed E-state index contributed by atoms with van der Waals surface area (Å²) < 4.78 is 56.8. The molecular weight excluding hydrogens is 430 g/mol. The number of rotatable bonds is 5. The molecule has 1 aliphatic heterocycles. The fourth-order valence-corrected chi connectivity index (χ4v) is 3.46. The second kappa shape index (κ2) is 9.09. The number of benzene rings is 1. The van der Waals surface area contributed by atoms with Crippen molar-refractivity contribution in [3.63, 3.8) is 0 Å². The highest BCUT2D eigenvalue weighted by Gasteiger charge is 2.30. The van der Waals surface area contributed by atoms with Crippen molar-refractivity contribution in [3.8, 4) is 11.5 Å². The van der Waals surface area contributed by atoms with E-state index in [1.54, 1.807) is 39.0 Å². The van der Waals surface area contributed by atoms with Gasteiger partial charge in [0, 0.05) is 24.2 Å². The van der Waals surface area contributed by atoms with E-state index < -0.39 is 34.4 Å². The summed E-state index contributed by atoms with van der Waals surface area (Å²) in [6.45, 7) is 2.43. The van der Waals surface area contributed by atoms with Gasteiger partial charge < -0.3 is 14.2 Å². The molecule has 0 radical (unpaired) electrons. The summed E-state index contributed by atoms with van der Waals surface area (Å²) in [6, 6.07) is 7.43. The van der Waals surface area contributed by atoms with Crippen LogP contribution in [0, 0.1) is 0 Å². The molecule has 1 aliphatic rings. The van der Waals surface area contributed by atoms with E-state index in [0.717, 1.165) is 0 Å². The van der Waals surface area contributed by atoms with Crippen molar-refractivity contribution in [2.24, 2.45) is 4.40 Å². The smallest absolute Gasteiger partial charge is 0.387 e. The Morgan fingerprint density at radius 3 is 2.61 bits per heavy atom. The molecule has 0 saturated heterocycles. The Hall–Kier alpha value is -2.88. The van der Waals surface area contributed by atoms with Gasteiger partial charge in [-0.3, -0.25) is 4.98 Å². The zero-order chi connectivity index (χ0) is 22.8. The Labute approximate surface area is 181 Å². The van der Waals surface area contributed by atoms with Gasteiger partial charge in [0.05, 0.1) is 28.8 Å². The fraction of sp³-hybridized carbons (Fsp3) is 0.381.